The van der Waals surface area contributed by atoms with Gasteiger partial charge in [-0.2, -0.15) is 4.31 Å². The Bertz CT molecular complexity index is 968. The first-order chi connectivity index (χ1) is 13.5. The Labute approximate surface area is 174 Å². The highest BCUT2D eigenvalue weighted by molar-refractivity contribution is 9.10. The second-order valence-corrected chi connectivity index (χ2v) is 10.2. The van der Waals surface area contributed by atoms with Crippen LogP contribution in [0.4, 0.5) is 0 Å². The number of carbonyl (C=O) groups excluding carboxylic acids is 1. The summed E-state index contributed by atoms with van der Waals surface area (Å²) in [6.07, 6.45) is 3.93. The molecule has 4 rings (SSSR count). The van der Waals surface area contributed by atoms with Crippen molar-refractivity contribution < 1.29 is 13.2 Å². The van der Waals surface area contributed by atoms with E-state index in [1.54, 1.807) is 12.1 Å². The van der Waals surface area contributed by atoms with Crippen molar-refractivity contribution in [2.45, 2.75) is 36.6 Å². The third kappa shape index (κ3) is 4.02. The number of hydrogen-bond donors (Lipinski definition) is 1. The number of sulfonamides is 1. The molecule has 1 amide bonds. The van der Waals surface area contributed by atoms with Gasteiger partial charge in [-0.1, -0.05) is 30.3 Å². The summed E-state index contributed by atoms with van der Waals surface area (Å²) < 4.78 is 27.8. The zero-order valence-electron chi connectivity index (χ0n) is 15.5. The van der Waals surface area contributed by atoms with Gasteiger partial charge in [-0.15, -0.1) is 0 Å². The lowest BCUT2D eigenvalue weighted by Gasteiger charge is -2.20. The van der Waals surface area contributed by atoms with Crippen molar-refractivity contribution in [1.82, 2.24) is 9.62 Å². The Kier molecular flexibility index (Phi) is 5.58. The molecule has 7 heteroatoms. The molecule has 0 radical (unpaired) electrons. The van der Waals surface area contributed by atoms with Crippen molar-refractivity contribution in [1.29, 1.82) is 0 Å². The van der Waals surface area contributed by atoms with Crippen LogP contribution in [-0.4, -0.2) is 31.7 Å². The lowest BCUT2D eigenvalue weighted by molar-refractivity contribution is 0.0930. The van der Waals surface area contributed by atoms with Gasteiger partial charge in [-0.05, 0) is 71.3 Å². The van der Waals surface area contributed by atoms with Gasteiger partial charge < -0.3 is 5.32 Å². The van der Waals surface area contributed by atoms with Crippen molar-refractivity contribution in [2.75, 3.05) is 13.1 Å². The molecule has 0 spiro atoms. The van der Waals surface area contributed by atoms with Crippen molar-refractivity contribution in [2.24, 2.45) is 5.92 Å². The Morgan fingerprint density at radius 3 is 2.39 bits per heavy atom. The average Bonchev–Trinajstić information content (AvgIpc) is 3.38. The van der Waals surface area contributed by atoms with Crippen molar-refractivity contribution >= 4 is 31.9 Å². The minimum atomic E-state index is -3.56. The van der Waals surface area contributed by atoms with E-state index >= 15 is 0 Å². The van der Waals surface area contributed by atoms with E-state index in [1.165, 1.54) is 10.4 Å². The Morgan fingerprint density at radius 1 is 1.07 bits per heavy atom. The van der Waals surface area contributed by atoms with Gasteiger partial charge in [0.2, 0.25) is 10.0 Å². The summed E-state index contributed by atoms with van der Waals surface area (Å²) in [6, 6.07) is 14.6. The summed E-state index contributed by atoms with van der Waals surface area (Å²) in [5.74, 6) is 0.174. The van der Waals surface area contributed by atoms with Crippen LogP contribution in [-0.2, 0) is 10.0 Å². The molecule has 1 saturated carbocycles. The third-order valence-corrected chi connectivity index (χ3v) is 8.01. The third-order valence-electron chi connectivity index (χ3n) is 5.42. The first-order valence-corrected chi connectivity index (χ1v) is 11.9. The molecule has 2 fully saturated rings. The molecule has 0 bridgehead atoms. The van der Waals surface area contributed by atoms with Crippen molar-refractivity contribution in [3.8, 4) is 0 Å². The fourth-order valence-corrected chi connectivity index (χ4v) is 5.67. The number of nitrogens with zero attached hydrogens (tertiary/aromatic N) is 1. The predicted molar refractivity (Wildman–Crippen MR) is 112 cm³/mol. The van der Waals surface area contributed by atoms with Gasteiger partial charge in [0, 0.05) is 17.6 Å². The lowest BCUT2D eigenvalue weighted by atomic mass is 10.0. The molecule has 2 aromatic rings. The van der Waals surface area contributed by atoms with Crippen molar-refractivity contribution in [3.05, 3.63) is 64.1 Å². The summed E-state index contributed by atoms with van der Waals surface area (Å²) in [6.45, 7) is 1.08. The van der Waals surface area contributed by atoms with E-state index in [0.717, 1.165) is 31.2 Å². The number of amides is 1. The minimum Gasteiger partial charge on any atom is -0.345 e. The number of carbonyl (C=O) groups is 1. The molecule has 148 valence electrons. The van der Waals surface area contributed by atoms with Gasteiger partial charge >= 0.3 is 0 Å². The molecule has 1 aliphatic carbocycles. The maximum absolute atomic E-state index is 13.0. The Hall–Kier alpha value is -1.70. The van der Waals surface area contributed by atoms with Gasteiger partial charge in [-0.3, -0.25) is 4.79 Å². The highest BCUT2D eigenvalue weighted by Gasteiger charge is 2.34. The normalized spacial score (nSPS) is 18.8. The topological polar surface area (TPSA) is 66.5 Å². The molecule has 1 unspecified atom stereocenters. The molecule has 1 aliphatic heterocycles. The maximum atomic E-state index is 13.0. The molecule has 1 saturated heterocycles. The zero-order chi connectivity index (χ0) is 19.7. The van der Waals surface area contributed by atoms with Crippen LogP contribution >= 0.6 is 15.9 Å². The number of rotatable bonds is 6. The molecule has 0 aromatic heterocycles. The SMILES string of the molecule is O=C(NC(c1ccccc1)C1CC1)c1cc(S(=O)(=O)N2CCCC2)ccc1Br. The molecule has 2 aliphatic rings. The molecule has 28 heavy (non-hydrogen) atoms. The molecule has 2 aromatic carbocycles. The average molecular weight is 463 g/mol. The van der Waals surface area contributed by atoms with E-state index in [2.05, 4.69) is 21.2 Å². The summed E-state index contributed by atoms with van der Waals surface area (Å²) in [5.41, 5.74) is 1.43. The highest BCUT2D eigenvalue weighted by Crippen LogP contribution is 2.41. The second-order valence-electron chi connectivity index (χ2n) is 7.45. The summed E-state index contributed by atoms with van der Waals surface area (Å²) in [4.78, 5) is 13.2. The maximum Gasteiger partial charge on any atom is 0.252 e. The largest absolute Gasteiger partial charge is 0.345 e. The van der Waals surface area contributed by atoms with Gasteiger partial charge in [0.1, 0.15) is 0 Å². The lowest BCUT2D eigenvalue weighted by Crippen LogP contribution is -2.31. The Morgan fingerprint density at radius 2 is 1.75 bits per heavy atom. The fourth-order valence-electron chi connectivity index (χ4n) is 3.70. The Balaban J connectivity index is 1.60. The van der Waals surface area contributed by atoms with Crippen LogP contribution in [0.5, 0.6) is 0 Å². The smallest absolute Gasteiger partial charge is 0.252 e. The number of benzene rings is 2. The molecule has 1 atom stereocenters. The van der Waals surface area contributed by atoms with E-state index in [1.807, 2.05) is 30.3 Å². The summed E-state index contributed by atoms with van der Waals surface area (Å²) in [5, 5.41) is 3.12. The molecule has 1 heterocycles. The van der Waals surface area contributed by atoms with Crippen LogP contribution in [0.1, 0.15) is 47.6 Å². The number of halogens is 1. The van der Waals surface area contributed by atoms with E-state index < -0.39 is 10.0 Å². The van der Waals surface area contributed by atoms with E-state index in [9.17, 15) is 13.2 Å². The monoisotopic (exact) mass is 462 g/mol. The van der Waals surface area contributed by atoms with E-state index in [4.69, 9.17) is 0 Å². The van der Waals surface area contributed by atoms with Gasteiger partial charge in [0.15, 0.2) is 0 Å². The van der Waals surface area contributed by atoms with Crippen LogP contribution in [0.15, 0.2) is 57.9 Å². The first kappa shape index (κ1) is 19.6. The van der Waals surface area contributed by atoms with Gasteiger partial charge in [0.05, 0.1) is 16.5 Å². The van der Waals surface area contributed by atoms with Crippen LogP contribution in [0.25, 0.3) is 0 Å². The molecule has 5 nitrogen and oxygen atoms in total. The minimum absolute atomic E-state index is 0.0561. The van der Waals surface area contributed by atoms with Crippen molar-refractivity contribution in [3.63, 3.8) is 0 Å². The molecule has 1 N–H and O–H groups in total. The van der Waals surface area contributed by atoms with Crippen LogP contribution in [0.2, 0.25) is 0 Å². The van der Waals surface area contributed by atoms with Crippen LogP contribution in [0, 0.1) is 5.92 Å². The zero-order valence-corrected chi connectivity index (χ0v) is 17.9. The first-order valence-electron chi connectivity index (χ1n) is 9.62. The number of hydrogen-bond acceptors (Lipinski definition) is 3. The second kappa shape index (κ2) is 7.97. The summed E-state index contributed by atoms with van der Waals surface area (Å²) in [7, 11) is -3.56. The number of nitrogens with one attached hydrogen (secondary N) is 1. The predicted octanol–water partition coefficient (Wildman–Crippen LogP) is 4.11. The van der Waals surface area contributed by atoms with Gasteiger partial charge in [0.25, 0.3) is 5.91 Å². The highest BCUT2D eigenvalue weighted by atomic mass is 79.9. The fraction of sp³-hybridized carbons (Fsp3) is 0.381. The van der Waals surface area contributed by atoms with E-state index in [-0.39, 0.29) is 16.8 Å². The molecular formula is C21H23BrN2O3S. The summed E-state index contributed by atoms with van der Waals surface area (Å²) >= 11 is 3.41. The standard InChI is InChI=1S/C21H23BrN2O3S/c22-19-11-10-17(28(26,27)24-12-4-5-13-24)14-18(19)21(25)23-20(16-8-9-16)15-6-2-1-3-7-15/h1-3,6-7,10-11,14,16,20H,4-5,8-9,12-13H2,(H,23,25). The quantitative estimate of drug-likeness (QED) is 0.701. The van der Waals surface area contributed by atoms with E-state index in [0.29, 0.717) is 29.0 Å². The van der Waals surface area contributed by atoms with Crippen LogP contribution < -0.4 is 5.32 Å². The van der Waals surface area contributed by atoms with Crippen LogP contribution in [0.3, 0.4) is 0 Å². The van der Waals surface area contributed by atoms with Gasteiger partial charge in [-0.25, -0.2) is 8.42 Å². The molecular weight excluding hydrogens is 440 g/mol.